The molecule has 2 atom stereocenters. The van der Waals surface area contributed by atoms with E-state index in [9.17, 15) is 14.7 Å². The summed E-state index contributed by atoms with van der Waals surface area (Å²) in [6, 6.07) is 16.9. The average molecular weight is 283 g/mol. The van der Waals surface area contributed by atoms with Gasteiger partial charge in [-0.2, -0.15) is 0 Å². The zero-order chi connectivity index (χ0) is 15.2. The van der Waals surface area contributed by atoms with Crippen molar-refractivity contribution in [2.45, 2.75) is 18.9 Å². The van der Waals surface area contributed by atoms with Gasteiger partial charge in [-0.25, -0.2) is 4.79 Å². The first-order valence-electron chi connectivity index (χ1n) is 6.73. The van der Waals surface area contributed by atoms with Gasteiger partial charge in [0, 0.05) is 11.5 Å². The fourth-order valence-electron chi connectivity index (χ4n) is 2.16. The van der Waals surface area contributed by atoms with Crippen LogP contribution in [0, 0.1) is 0 Å². The van der Waals surface area contributed by atoms with Crippen LogP contribution in [-0.4, -0.2) is 23.0 Å². The lowest BCUT2D eigenvalue weighted by Gasteiger charge is -2.21. The third-order valence-electron chi connectivity index (χ3n) is 3.41. The summed E-state index contributed by atoms with van der Waals surface area (Å²) in [6.45, 7) is 1.79. The lowest BCUT2D eigenvalue weighted by Crippen LogP contribution is -2.44. The minimum atomic E-state index is -1.05. The Labute approximate surface area is 123 Å². The molecule has 108 valence electrons. The van der Waals surface area contributed by atoms with Crippen LogP contribution in [0.1, 0.15) is 28.8 Å². The summed E-state index contributed by atoms with van der Waals surface area (Å²) < 4.78 is 0. The highest BCUT2D eigenvalue weighted by atomic mass is 16.4. The number of hydrogen-bond acceptors (Lipinski definition) is 2. The Balaban J connectivity index is 2.17. The third-order valence-corrected chi connectivity index (χ3v) is 3.41. The molecule has 0 aliphatic carbocycles. The maximum absolute atomic E-state index is 12.1. The Morgan fingerprint density at radius 2 is 1.48 bits per heavy atom. The van der Waals surface area contributed by atoms with Gasteiger partial charge in [-0.1, -0.05) is 55.5 Å². The highest BCUT2D eigenvalue weighted by Gasteiger charge is 2.27. The first kappa shape index (κ1) is 14.8. The predicted molar refractivity (Wildman–Crippen MR) is 80.2 cm³/mol. The average Bonchev–Trinajstić information content (AvgIpc) is 2.53. The van der Waals surface area contributed by atoms with Crippen LogP contribution in [-0.2, 0) is 4.79 Å². The standard InChI is InChI=1S/C17H17NO3/c1-12(13-8-4-2-5-9-13)15(17(20)21)18-16(19)14-10-6-3-7-11-14/h2-12,15H,1H3,(H,18,19)(H,20,21)/t12?,15-/m0/s1. The number of aliphatic carboxylic acids is 1. The third kappa shape index (κ3) is 3.69. The Morgan fingerprint density at radius 3 is 2.00 bits per heavy atom. The Bertz CT molecular complexity index is 610. The number of benzene rings is 2. The van der Waals surface area contributed by atoms with E-state index in [2.05, 4.69) is 5.32 Å². The molecular weight excluding hydrogens is 266 g/mol. The largest absolute Gasteiger partial charge is 0.480 e. The fourth-order valence-corrected chi connectivity index (χ4v) is 2.16. The number of carbonyl (C=O) groups excluding carboxylic acids is 1. The van der Waals surface area contributed by atoms with Crippen molar-refractivity contribution in [2.75, 3.05) is 0 Å². The summed E-state index contributed by atoms with van der Waals surface area (Å²) in [5, 5.41) is 12.0. The summed E-state index contributed by atoms with van der Waals surface area (Å²) in [7, 11) is 0. The van der Waals surface area contributed by atoms with E-state index in [1.54, 1.807) is 37.3 Å². The lowest BCUT2D eigenvalue weighted by atomic mass is 9.93. The summed E-state index contributed by atoms with van der Waals surface area (Å²) in [5.74, 6) is -1.75. The van der Waals surface area contributed by atoms with Crippen molar-refractivity contribution >= 4 is 11.9 Å². The first-order valence-corrected chi connectivity index (χ1v) is 6.73. The second kappa shape index (κ2) is 6.70. The molecule has 2 rings (SSSR count). The first-order chi connectivity index (χ1) is 10.1. The number of nitrogens with one attached hydrogen (secondary N) is 1. The zero-order valence-electron chi connectivity index (χ0n) is 11.7. The molecule has 0 radical (unpaired) electrons. The predicted octanol–water partition coefficient (Wildman–Crippen LogP) is 2.67. The van der Waals surface area contributed by atoms with E-state index in [-0.39, 0.29) is 11.8 Å². The summed E-state index contributed by atoms with van der Waals surface area (Å²) in [5.41, 5.74) is 1.32. The van der Waals surface area contributed by atoms with Gasteiger partial charge in [0.15, 0.2) is 0 Å². The van der Waals surface area contributed by atoms with Gasteiger partial charge in [0.05, 0.1) is 0 Å². The second-order valence-electron chi connectivity index (χ2n) is 4.85. The van der Waals surface area contributed by atoms with E-state index in [4.69, 9.17) is 0 Å². The van der Waals surface area contributed by atoms with Crippen molar-refractivity contribution in [1.29, 1.82) is 0 Å². The van der Waals surface area contributed by atoms with Crippen molar-refractivity contribution in [3.05, 3.63) is 71.8 Å². The molecule has 4 nitrogen and oxygen atoms in total. The SMILES string of the molecule is CC(c1ccccc1)[C@H](NC(=O)c1ccccc1)C(=O)O. The van der Waals surface area contributed by atoms with E-state index in [0.717, 1.165) is 5.56 Å². The van der Waals surface area contributed by atoms with Crippen molar-refractivity contribution < 1.29 is 14.7 Å². The number of carboxylic acids is 1. The minimum Gasteiger partial charge on any atom is -0.480 e. The van der Waals surface area contributed by atoms with Gasteiger partial charge in [0.25, 0.3) is 5.91 Å². The van der Waals surface area contributed by atoms with Crippen LogP contribution in [0.5, 0.6) is 0 Å². The van der Waals surface area contributed by atoms with Crippen LogP contribution in [0.25, 0.3) is 0 Å². The van der Waals surface area contributed by atoms with Gasteiger partial charge in [0.1, 0.15) is 6.04 Å². The number of rotatable bonds is 5. The molecule has 4 heteroatoms. The van der Waals surface area contributed by atoms with Gasteiger partial charge in [-0.15, -0.1) is 0 Å². The molecule has 2 aromatic carbocycles. The molecule has 0 saturated carbocycles. The molecule has 1 amide bonds. The number of carboxylic acid groups (broad SMARTS) is 1. The van der Waals surface area contributed by atoms with Gasteiger partial charge < -0.3 is 10.4 Å². The van der Waals surface area contributed by atoms with Crippen LogP contribution in [0.15, 0.2) is 60.7 Å². The van der Waals surface area contributed by atoms with Crippen molar-refractivity contribution in [1.82, 2.24) is 5.32 Å². The minimum absolute atomic E-state index is 0.323. The summed E-state index contributed by atoms with van der Waals surface area (Å²) in [4.78, 5) is 23.6. The number of amides is 1. The highest BCUT2D eigenvalue weighted by Crippen LogP contribution is 2.19. The number of hydrogen-bond donors (Lipinski definition) is 2. The van der Waals surface area contributed by atoms with E-state index < -0.39 is 12.0 Å². The quantitative estimate of drug-likeness (QED) is 0.886. The molecule has 2 aromatic rings. The van der Waals surface area contributed by atoms with Gasteiger partial charge in [0.2, 0.25) is 0 Å². The summed E-state index contributed by atoms with van der Waals surface area (Å²) in [6.07, 6.45) is 0. The van der Waals surface area contributed by atoms with Gasteiger partial charge in [-0.3, -0.25) is 4.79 Å². The van der Waals surface area contributed by atoms with Gasteiger partial charge >= 0.3 is 5.97 Å². The Hall–Kier alpha value is -2.62. The van der Waals surface area contributed by atoms with Crippen LogP contribution in [0.4, 0.5) is 0 Å². The molecule has 2 N–H and O–H groups in total. The smallest absolute Gasteiger partial charge is 0.326 e. The summed E-state index contributed by atoms with van der Waals surface area (Å²) >= 11 is 0. The van der Waals surface area contributed by atoms with E-state index in [0.29, 0.717) is 5.56 Å². The monoisotopic (exact) mass is 283 g/mol. The Morgan fingerprint density at radius 1 is 0.952 bits per heavy atom. The van der Waals surface area contributed by atoms with Crippen LogP contribution in [0.3, 0.4) is 0 Å². The lowest BCUT2D eigenvalue weighted by molar-refractivity contribution is -0.139. The molecule has 0 spiro atoms. The second-order valence-corrected chi connectivity index (χ2v) is 4.85. The van der Waals surface area contributed by atoms with Crippen molar-refractivity contribution in [3.8, 4) is 0 Å². The molecule has 0 fully saturated rings. The van der Waals surface area contributed by atoms with Crippen molar-refractivity contribution in [2.24, 2.45) is 0 Å². The Kier molecular flexibility index (Phi) is 4.72. The topological polar surface area (TPSA) is 66.4 Å². The normalized spacial score (nSPS) is 13.2. The number of carbonyl (C=O) groups is 2. The molecule has 1 unspecified atom stereocenters. The highest BCUT2D eigenvalue weighted by molar-refractivity contribution is 5.96. The van der Waals surface area contributed by atoms with Crippen LogP contribution >= 0.6 is 0 Å². The van der Waals surface area contributed by atoms with Crippen molar-refractivity contribution in [3.63, 3.8) is 0 Å². The molecular formula is C17H17NO3. The van der Waals surface area contributed by atoms with Crippen LogP contribution < -0.4 is 5.32 Å². The van der Waals surface area contributed by atoms with Crippen LogP contribution in [0.2, 0.25) is 0 Å². The molecule has 0 saturated heterocycles. The van der Waals surface area contributed by atoms with E-state index >= 15 is 0 Å². The maximum atomic E-state index is 12.1. The van der Waals surface area contributed by atoms with E-state index in [1.165, 1.54) is 0 Å². The molecule has 0 aliphatic rings. The molecule has 0 heterocycles. The molecule has 0 aliphatic heterocycles. The van der Waals surface area contributed by atoms with E-state index in [1.807, 2.05) is 30.3 Å². The molecule has 0 bridgehead atoms. The zero-order valence-corrected chi connectivity index (χ0v) is 11.7. The fraction of sp³-hybridized carbons (Fsp3) is 0.176. The molecule has 0 aromatic heterocycles. The maximum Gasteiger partial charge on any atom is 0.326 e. The molecule has 21 heavy (non-hydrogen) atoms. The van der Waals surface area contributed by atoms with Gasteiger partial charge in [-0.05, 0) is 17.7 Å².